The second kappa shape index (κ2) is 3.64. The van der Waals surface area contributed by atoms with Crippen LogP contribution in [0.4, 0.5) is 0 Å². The van der Waals surface area contributed by atoms with Gasteiger partial charge < -0.3 is 0 Å². The summed E-state index contributed by atoms with van der Waals surface area (Å²) >= 11 is 7.65. The molecule has 0 amide bonds. The Bertz CT molecular complexity index is 426. The van der Waals surface area contributed by atoms with Gasteiger partial charge in [0.05, 0.1) is 0 Å². The van der Waals surface area contributed by atoms with Crippen molar-refractivity contribution in [1.29, 1.82) is 0 Å². The summed E-state index contributed by atoms with van der Waals surface area (Å²) in [4.78, 5) is 5.65. The molecule has 0 saturated heterocycles. The highest BCUT2D eigenvalue weighted by molar-refractivity contribution is 7.19. The maximum Gasteiger partial charge on any atom is 0.102 e. The van der Waals surface area contributed by atoms with Crippen LogP contribution in [0.2, 0.25) is 5.02 Å². The molecule has 0 aliphatic rings. The SMILES string of the molecule is NOCc1cc2c(Cl)cccc2s1. The average molecular weight is 214 g/mol. The molecule has 2 aromatic rings. The molecule has 0 unspecified atom stereocenters. The zero-order valence-electron chi connectivity index (χ0n) is 6.79. The van der Waals surface area contributed by atoms with Gasteiger partial charge in [0.25, 0.3) is 0 Å². The lowest BCUT2D eigenvalue weighted by atomic mass is 10.2. The fraction of sp³-hybridized carbons (Fsp3) is 0.111. The van der Waals surface area contributed by atoms with Gasteiger partial charge in [-0.25, -0.2) is 5.90 Å². The Morgan fingerprint density at radius 2 is 2.31 bits per heavy atom. The summed E-state index contributed by atoms with van der Waals surface area (Å²) in [6, 6.07) is 7.86. The first-order valence-electron chi connectivity index (χ1n) is 3.80. The molecular weight excluding hydrogens is 206 g/mol. The molecule has 0 radical (unpaired) electrons. The normalized spacial score (nSPS) is 10.9. The Balaban J connectivity index is 2.55. The molecule has 0 bridgehead atoms. The van der Waals surface area contributed by atoms with Gasteiger partial charge in [0.2, 0.25) is 0 Å². The summed E-state index contributed by atoms with van der Waals surface area (Å²) < 4.78 is 1.17. The summed E-state index contributed by atoms with van der Waals surface area (Å²) in [5, 5.41) is 1.85. The van der Waals surface area contributed by atoms with Crippen LogP contribution in [0.25, 0.3) is 10.1 Å². The quantitative estimate of drug-likeness (QED) is 0.779. The molecule has 2 N–H and O–H groups in total. The molecule has 0 spiro atoms. The average Bonchev–Trinajstić information content (AvgIpc) is 2.49. The lowest BCUT2D eigenvalue weighted by Gasteiger charge is -1.89. The van der Waals surface area contributed by atoms with Crippen molar-refractivity contribution in [3.05, 3.63) is 34.2 Å². The van der Waals surface area contributed by atoms with Gasteiger partial charge in [-0.15, -0.1) is 11.3 Å². The molecule has 0 aliphatic carbocycles. The van der Waals surface area contributed by atoms with E-state index in [4.69, 9.17) is 17.5 Å². The Kier molecular flexibility index (Phi) is 2.51. The van der Waals surface area contributed by atoms with Crippen LogP contribution >= 0.6 is 22.9 Å². The van der Waals surface area contributed by atoms with E-state index in [1.54, 1.807) is 11.3 Å². The molecule has 0 atom stereocenters. The van der Waals surface area contributed by atoms with Crippen LogP contribution in [0.1, 0.15) is 4.88 Å². The van der Waals surface area contributed by atoms with Crippen LogP contribution in [-0.4, -0.2) is 0 Å². The highest BCUT2D eigenvalue weighted by Crippen LogP contribution is 2.31. The van der Waals surface area contributed by atoms with E-state index >= 15 is 0 Å². The molecule has 1 heterocycles. The molecule has 2 rings (SSSR count). The minimum absolute atomic E-state index is 0.440. The van der Waals surface area contributed by atoms with E-state index in [1.807, 2.05) is 24.3 Å². The van der Waals surface area contributed by atoms with Crippen molar-refractivity contribution in [2.45, 2.75) is 6.61 Å². The van der Waals surface area contributed by atoms with Crippen LogP contribution in [0.3, 0.4) is 0 Å². The number of halogens is 1. The molecule has 4 heteroatoms. The molecule has 0 aliphatic heterocycles. The van der Waals surface area contributed by atoms with E-state index in [1.165, 1.54) is 4.70 Å². The van der Waals surface area contributed by atoms with E-state index in [9.17, 15) is 0 Å². The zero-order chi connectivity index (χ0) is 9.26. The number of hydrogen-bond donors (Lipinski definition) is 1. The van der Waals surface area contributed by atoms with Crippen LogP contribution in [0, 0.1) is 0 Å². The topological polar surface area (TPSA) is 35.2 Å². The maximum atomic E-state index is 6.01. The summed E-state index contributed by atoms with van der Waals surface area (Å²) in [6.07, 6.45) is 0. The first-order valence-corrected chi connectivity index (χ1v) is 4.99. The van der Waals surface area contributed by atoms with Gasteiger partial charge >= 0.3 is 0 Å². The minimum Gasteiger partial charge on any atom is -0.299 e. The summed E-state index contributed by atoms with van der Waals surface area (Å²) in [6.45, 7) is 0.440. The van der Waals surface area contributed by atoms with Crippen LogP contribution < -0.4 is 5.90 Å². The van der Waals surface area contributed by atoms with Crippen LogP contribution in [0.15, 0.2) is 24.3 Å². The number of nitrogens with two attached hydrogens (primary N) is 1. The standard InChI is InChI=1S/C9H8ClNOS/c10-8-2-1-3-9-7(8)4-6(13-9)5-12-11/h1-4H,5,11H2. The van der Waals surface area contributed by atoms with Crippen molar-refractivity contribution < 1.29 is 4.84 Å². The largest absolute Gasteiger partial charge is 0.299 e. The third kappa shape index (κ3) is 1.69. The molecular formula is C9H8ClNOS. The Labute approximate surface area is 84.8 Å². The number of hydrogen-bond acceptors (Lipinski definition) is 3. The smallest absolute Gasteiger partial charge is 0.102 e. The zero-order valence-corrected chi connectivity index (χ0v) is 8.36. The van der Waals surface area contributed by atoms with E-state index in [0.717, 1.165) is 15.3 Å². The second-order valence-corrected chi connectivity index (χ2v) is 4.25. The second-order valence-electron chi connectivity index (χ2n) is 2.68. The summed E-state index contributed by atoms with van der Waals surface area (Å²) in [7, 11) is 0. The minimum atomic E-state index is 0.440. The monoisotopic (exact) mass is 213 g/mol. The third-order valence-corrected chi connectivity index (χ3v) is 3.19. The Morgan fingerprint density at radius 3 is 3.00 bits per heavy atom. The molecule has 68 valence electrons. The summed E-state index contributed by atoms with van der Waals surface area (Å²) in [5.41, 5.74) is 0. The Morgan fingerprint density at radius 1 is 1.46 bits per heavy atom. The van der Waals surface area contributed by atoms with Gasteiger partial charge in [0.15, 0.2) is 0 Å². The molecule has 1 aromatic heterocycles. The van der Waals surface area contributed by atoms with E-state index in [0.29, 0.717) is 6.61 Å². The number of rotatable bonds is 2. The number of benzene rings is 1. The highest BCUT2D eigenvalue weighted by atomic mass is 35.5. The third-order valence-electron chi connectivity index (χ3n) is 1.78. The fourth-order valence-corrected chi connectivity index (χ4v) is 2.53. The van der Waals surface area contributed by atoms with E-state index in [-0.39, 0.29) is 0 Å². The van der Waals surface area contributed by atoms with Crippen molar-refractivity contribution in [3.8, 4) is 0 Å². The van der Waals surface area contributed by atoms with Crippen molar-refractivity contribution in [3.63, 3.8) is 0 Å². The van der Waals surface area contributed by atoms with Gasteiger partial charge in [-0.3, -0.25) is 4.84 Å². The first kappa shape index (κ1) is 8.97. The fourth-order valence-electron chi connectivity index (χ4n) is 1.23. The molecule has 0 saturated carbocycles. The lowest BCUT2D eigenvalue weighted by Crippen LogP contribution is -1.96. The molecule has 2 nitrogen and oxygen atoms in total. The van der Waals surface area contributed by atoms with Gasteiger partial charge in [-0.2, -0.15) is 0 Å². The van der Waals surface area contributed by atoms with Crippen molar-refractivity contribution in [2.75, 3.05) is 0 Å². The van der Waals surface area contributed by atoms with Crippen molar-refractivity contribution >= 4 is 33.0 Å². The van der Waals surface area contributed by atoms with Gasteiger partial charge in [-0.1, -0.05) is 17.7 Å². The van der Waals surface area contributed by atoms with Crippen LogP contribution in [0.5, 0.6) is 0 Å². The van der Waals surface area contributed by atoms with Crippen LogP contribution in [-0.2, 0) is 11.4 Å². The number of thiophene rings is 1. The van der Waals surface area contributed by atoms with Crippen molar-refractivity contribution in [2.24, 2.45) is 5.90 Å². The van der Waals surface area contributed by atoms with Gasteiger partial charge in [0, 0.05) is 20.0 Å². The van der Waals surface area contributed by atoms with Gasteiger partial charge in [-0.05, 0) is 18.2 Å². The predicted molar refractivity (Wildman–Crippen MR) is 55.8 cm³/mol. The maximum absolute atomic E-state index is 6.01. The molecule has 1 aromatic carbocycles. The highest BCUT2D eigenvalue weighted by Gasteiger charge is 2.03. The number of fused-ring (bicyclic) bond motifs is 1. The molecule has 13 heavy (non-hydrogen) atoms. The predicted octanol–water partition coefficient (Wildman–Crippen LogP) is 2.95. The molecule has 0 fully saturated rings. The van der Waals surface area contributed by atoms with E-state index in [2.05, 4.69) is 4.84 Å². The Hall–Kier alpha value is -0.610. The van der Waals surface area contributed by atoms with E-state index < -0.39 is 0 Å². The van der Waals surface area contributed by atoms with Gasteiger partial charge in [0.1, 0.15) is 6.61 Å². The first-order chi connectivity index (χ1) is 6.31. The van der Waals surface area contributed by atoms with Crippen molar-refractivity contribution in [1.82, 2.24) is 0 Å². The summed E-state index contributed by atoms with van der Waals surface area (Å²) in [5.74, 6) is 4.99. The lowest BCUT2D eigenvalue weighted by molar-refractivity contribution is 0.126.